The van der Waals surface area contributed by atoms with Crippen LogP contribution in [0.5, 0.6) is 0 Å². The third kappa shape index (κ3) is 2.70. The van der Waals surface area contributed by atoms with Crippen molar-refractivity contribution in [1.82, 2.24) is 5.32 Å². The zero-order valence-electron chi connectivity index (χ0n) is 11.8. The molecule has 0 aromatic heterocycles. The molecule has 114 valence electrons. The summed E-state index contributed by atoms with van der Waals surface area (Å²) in [5, 5.41) is 1.96. The maximum atomic E-state index is 12.4. The van der Waals surface area contributed by atoms with Crippen LogP contribution < -0.4 is 11.1 Å². The minimum atomic E-state index is -3.31. The Kier molecular flexibility index (Phi) is 3.75. The van der Waals surface area contributed by atoms with Crippen LogP contribution in [0.1, 0.15) is 36.4 Å². The Balaban J connectivity index is 1.79. The Bertz CT molecular complexity index is 657. The smallest absolute Gasteiger partial charge is 0.238 e. The van der Waals surface area contributed by atoms with Crippen molar-refractivity contribution in [2.24, 2.45) is 5.73 Å². The van der Waals surface area contributed by atoms with Crippen LogP contribution in [-0.4, -0.2) is 31.4 Å². The molecule has 1 aliphatic carbocycles. The van der Waals surface area contributed by atoms with E-state index in [1.165, 1.54) is 0 Å². The van der Waals surface area contributed by atoms with Crippen LogP contribution >= 0.6 is 0 Å². The van der Waals surface area contributed by atoms with Gasteiger partial charge in [-0.15, -0.1) is 0 Å². The zero-order valence-corrected chi connectivity index (χ0v) is 12.6. The fourth-order valence-electron chi connectivity index (χ4n) is 3.31. The average molecular weight is 308 g/mol. The lowest BCUT2D eigenvalue weighted by Crippen LogP contribution is -2.47. The van der Waals surface area contributed by atoms with E-state index in [9.17, 15) is 13.2 Å². The van der Waals surface area contributed by atoms with E-state index < -0.39 is 21.0 Å². The molecule has 1 aliphatic heterocycles. The lowest BCUT2D eigenvalue weighted by atomic mass is 10.1. The van der Waals surface area contributed by atoms with Crippen LogP contribution in [0.4, 0.5) is 0 Å². The van der Waals surface area contributed by atoms with Gasteiger partial charge in [-0.3, -0.25) is 4.79 Å². The second-order valence-electron chi connectivity index (χ2n) is 5.90. The molecule has 3 rings (SSSR count). The number of sulfone groups is 1. The normalized spacial score (nSPS) is 30.6. The van der Waals surface area contributed by atoms with Crippen LogP contribution in [0.15, 0.2) is 24.3 Å². The SMILES string of the molecule is NC1Cc2ccccc2C1NC(=O)C1CCCCS1(=O)=O. The molecule has 1 aromatic rings. The Morgan fingerprint density at radius 1 is 1.24 bits per heavy atom. The van der Waals surface area contributed by atoms with E-state index in [1.54, 1.807) is 0 Å². The third-order valence-corrected chi connectivity index (χ3v) is 6.62. The molecule has 0 radical (unpaired) electrons. The number of rotatable bonds is 2. The van der Waals surface area contributed by atoms with Gasteiger partial charge in [0.05, 0.1) is 11.8 Å². The molecular weight excluding hydrogens is 288 g/mol. The van der Waals surface area contributed by atoms with Gasteiger partial charge in [-0.2, -0.15) is 0 Å². The Labute approximate surface area is 124 Å². The first-order valence-corrected chi connectivity index (χ1v) is 9.06. The Morgan fingerprint density at radius 3 is 2.76 bits per heavy atom. The predicted molar refractivity (Wildman–Crippen MR) is 80.4 cm³/mol. The Hall–Kier alpha value is -1.40. The molecule has 0 saturated carbocycles. The number of fused-ring (bicyclic) bond motifs is 1. The number of carbonyl (C=O) groups is 1. The predicted octanol–water partition coefficient (Wildman–Crippen LogP) is 0.695. The summed E-state index contributed by atoms with van der Waals surface area (Å²) in [5.74, 6) is -0.287. The van der Waals surface area contributed by atoms with Gasteiger partial charge in [0.15, 0.2) is 9.84 Å². The molecule has 1 amide bonds. The van der Waals surface area contributed by atoms with Gasteiger partial charge in [-0.05, 0) is 30.4 Å². The monoisotopic (exact) mass is 308 g/mol. The van der Waals surface area contributed by atoms with E-state index in [1.807, 2.05) is 24.3 Å². The van der Waals surface area contributed by atoms with E-state index >= 15 is 0 Å². The summed E-state index contributed by atoms with van der Waals surface area (Å²) >= 11 is 0. The number of hydrogen-bond donors (Lipinski definition) is 2. The molecule has 1 heterocycles. The van der Waals surface area contributed by atoms with Crippen molar-refractivity contribution in [1.29, 1.82) is 0 Å². The standard InChI is InChI=1S/C15H20N2O3S/c16-12-9-10-5-1-2-6-11(10)14(12)17-15(18)13-7-3-4-8-21(13,19)20/h1-2,5-6,12-14H,3-4,7-9,16H2,(H,17,18). The Morgan fingerprint density at radius 2 is 2.00 bits per heavy atom. The number of nitrogens with two attached hydrogens (primary N) is 1. The van der Waals surface area contributed by atoms with E-state index in [0.29, 0.717) is 19.3 Å². The molecule has 2 aliphatic rings. The highest BCUT2D eigenvalue weighted by molar-refractivity contribution is 7.92. The first-order chi connectivity index (χ1) is 9.99. The van der Waals surface area contributed by atoms with E-state index in [4.69, 9.17) is 5.73 Å². The summed E-state index contributed by atoms with van der Waals surface area (Å²) in [6.45, 7) is 0. The minimum Gasteiger partial charge on any atom is -0.347 e. The molecule has 3 atom stereocenters. The molecule has 0 spiro atoms. The first-order valence-electron chi connectivity index (χ1n) is 7.34. The summed E-state index contributed by atoms with van der Waals surface area (Å²) in [7, 11) is -3.31. The van der Waals surface area contributed by atoms with Crippen molar-refractivity contribution in [3.8, 4) is 0 Å². The van der Waals surface area contributed by atoms with Crippen molar-refractivity contribution in [2.75, 3.05) is 5.75 Å². The molecule has 1 saturated heterocycles. The number of hydrogen-bond acceptors (Lipinski definition) is 4. The summed E-state index contributed by atoms with van der Waals surface area (Å²) < 4.78 is 24.1. The maximum absolute atomic E-state index is 12.4. The quantitative estimate of drug-likeness (QED) is 0.841. The largest absolute Gasteiger partial charge is 0.347 e. The summed E-state index contributed by atoms with van der Waals surface area (Å²) in [4.78, 5) is 12.4. The topological polar surface area (TPSA) is 89.3 Å². The summed E-state index contributed by atoms with van der Waals surface area (Å²) in [6, 6.07) is 7.32. The fourth-order valence-corrected chi connectivity index (χ4v) is 5.12. The van der Waals surface area contributed by atoms with E-state index in [2.05, 4.69) is 5.32 Å². The molecule has 1 aromatic carbocycles. The van der Waals surface area contributed by atoms with E-state index in [-0.39, 0.29) is 17.8 Å². The molecule has 21 heavy (non-hydrogen) atoms. The van der Waals surface area contributed by atoms with Crippen molar-refractivity contribution in [3.05, 3.63) is 35.4 Å². The molecule has 3 N–H and O–H groups in total. The van der Waals surface area contributed by atoms with Gasteiger partial charge in [0.25, 0.3) is 0 Å². The number of benzene rings is 1. The van der Waals surface area contributed by atoms with Crippen LogP contribution in [0.2, 0.25) is 0 Å². The summed E-state index contributed by atoms with van der Waals surface area (Å²) in [6.07, 6.45) is 2.55. The first kappa shape index (κ1) is 14.5. The minimum absolute atomic E-state index is 0.110. The number of carbonyl (C=O) groups excluding carboxylic acids is 1. The molecular formula is C15H20N2O3S. The van der Waals surface area contributed by atoms with Crippen molar-refractivity contribution in [2.45, 2.75) is 43.0 Å². The zero-order chi connectivity index (χ0) is 15.0. The van der Waals surface area contributed by atoms with Crippen LogP contribution in [0, 0.1) is 0 Å². The molecule has 3 unspecified atom stereocenters. The van der Waals surface area contributed by atoms with Gasteiger partial charge in [0.2, 0.25) is 5.91 Å². The fraction of sp³-hybridized carbons (Fsp3) is 0.533. The van der Waals surface area contributed by atoms with Gasteiger partial charge in [-0.1, -0.05) is 30.7 Å². The number of amides is 1. The highest BCUT2D eigenvalue weighted by Gasteiger charge is 2.38. The van der Waals surface area contributed by atoms with Crippen molar-refractivity contribution in [3.63, 3.8) is 0 Å². The maximum Gasteiger partial charge on any atom is 0.238 e. The second kappa shape index (κ2) is 5.42. The van der Waals surface area contributed by atoms with Gasteiger partial charge in [-0.25, -0.2) is 8.42 Å². The van der Waals surface area contributed by atoms with Crippen molar-refractivity contribution >= 4 is 15.7 Å². The van der Waals surface area contributed by atoms with Crippen LogP contribution in [0.3, 0.4) is 0 Å². The van der Waals surface area contributed by atoms with Crippen LogP contribution in [0.25, 0.3) is 0 Å². The van der Waals surface area contributed by atoms with Gasteiger partial charge >= 0.3 is 0 Å². The van der Waals surface area contributed by atoms with Gasteiger partial charge in [0.1, 0.15) is 5.25 Å². The third-order valence-electron chi connectivity index (χ3n) is 4.44. The summed E-state index contributed by atoms with van der Waals surface area (Å²) in [5.41, 5.74) is 8.24. The lowest BCUT2D eigenvalue weighted by molar-refractivity contribution is -0.121. The highest BCUT2D eigenvalue weighted by atomic mass is 32.2. The average Bonchev–Trinajstić information content (AvgIpc) is 2.74. The second-order valence-corrected chi connectivity index (χ2v) is 8.21. The van der Waals surface area contributed by atoms with Gasteiger partial charge < -0.3 is 11.1 Å². The van der Waals surface area contributed by atoms with Crippen LogP contribution in [-0.2, 0) is 21.1 Å². The van der Waals surface area contributed by atoms with Gasteiger partial charge in [0, 0.05) is 6.04 Å². The molecule has 1 fully saturated rings. The molecule has 6 heteroatoms. The van der Waals surface area contributed by atoms with Crippen molar-refractivity contribution < 1.29 is 13.2 Å². The highest BCUT2D eigenvalue weighted by Crippen LogP contribution is 2.31. The lowest BCUT2D eigenvalue weighted by Gasteiger charge is -2.25. The van der Waals surface area contributed by atoms with E-state index in [0.717, 1.165) is 17.5 Å². The molecule has 0 bridgehead atoms. The molecule has 5 nitrogen and oxygen atoms in total. The number of nitrogens with one attached hydrogen (secondary N) is 1.